The van der Waals surface area contributed by atoms with Gasteiger partial charge in [0.05, 0.1) is 18.2 Å². The minimum atomic E-state index is -0.350. The van der Waals surface area contributed by atoms with E-state index < -0.39 is 0 Å². The van der Waals surface area contributed by atoms with E-state index in [4.69, 9.17) is 4.74 Å². The summed E-state index contributed by atoms with van der Waals surface area (Å²) in [5.74, 6) is 0.297. The van der Waals surface area contributed by atoms with Crippen LogP contribution in [0.5, 0.6) is 5.75 Å². The second-order valence-electron chi connectivity index (χ2n) is 10.8. The zero-order chi connectivity index (χ0) is 27.1. The monoisotopic (exact) mass is 523 g/mol. The topological polar surface area (TPSA) is 107 Å². The molecule has 1 aliphatic heterocycles. The summed E-state index contributed by atoms with van der Waals surface area (Å²) in [6.07, 6.45) is 8.85. The van der Waals surface area contributed by atoms with Crippen LogP contribution in [0.2, 0.25) is 0 Å². The molecule has 38 heavy (non-hydrogen) atoms. The summed E-state index contributed by atoms with van der Waals surface area (Å²) >= 11 is 0. The van der Waals surface area contributed by atoms with Gasteiger partial charge in [-0.1, -0.05) is 26.2 Å². The smallest absolute Gasteiger partial charge is 0.319 e. The molecule has 2 heterocycles. The number of rotatable bonds is 8. The lowest BCUT2D eigenvalue weighted by atomic mass is 9.96. The molecule has 9 nitrogen and oxygen atoms in total. The molecule has 206 valence electrons. The quantitative estimate of drug-likeness (QED) is 0.485. The first-order chi connectivity index (χ1) is 18.3. The van der Waals surface area contributed by atoms with Crippen molar-refractivity contribution in [3.63, 3.8) is 0 Å². The lowest BCUT2D eigenvalue weighted by Crippen LogP contribution is -2.49. The highest BCUT2D eigenvalue weighted by Crippen LogP contribution is 2.31. The van der Waals surface area contributed by atoms with Crippen LogP contribution in [0, 0.1) is 5.92 Å². The summed E-state index contributed by atoms with van der Waals surface area (Å²) in [5.41, 5.74) is 2.08. The molecule has 2 aromatic rings. The lowest BCUT2D eigenvalue weighted by Gasteiger charge is -2.38. The number of hydrogen-bond donors (Lipinski definition) is 3. The van der Waals surface area contributed by atoms with Crippen molar-refractivity contribution in [2.24, 2.45) is 5.92 Å². The molecule has 1 aromatic carbocycles. The average molecular weight is 524 g/mol. The Bertz CT molecular complexity index is 1080. The van der Waals surface area contributed by atoms with Crippen LogP contribution in [0.3, 0.4) is 0 Å². The molecule has 3 amide bonds. The molecule has 3 N–H and O–H groups in total. The van der Waals surface area contributed by atoms with Gasteiger partial charge in [0.15, 0.2) is 0 Å². The average Bonchev–Trinajstić information content (AvgIpc) is 2.91. The predicted octanol–water partition coefficient (Wildman–Crippen LogP) is 3.89. The van der Waals surface area contributed by atoms with Gasteiger partial charge in [-0.2, -0.15) is 0 Å². The van der Waals surface area contributed by atoms with Gasteiger partial charge in [0, 0.05) is 49.7 Å². The molecular weight excluding hydrogens is 482 g/mol. The number of urea groups is 1. The fourth-order valence-corrected chi connectivity index (χ4v) is 5.29. The summed E-state index contributed by atoms with van der Waals surface area (Å²) in [4.78, 5) is 34.3. The number of carbonyl (C=O) groups excluding carboxylic acids is 2. The Labute approximate surface area is 225 Å². The van der Waals surface area contributed by atoms with Crippen LogP contribution in [0.4, 0.5) is 10.5 Å². The predicted molar refractivity (Wildman–Crippen MR) is 147 cm³/mol. The van der Waals surface area contributed by atoms with Crippen LogP contribution in [0.25, 0.3) is 0 Å². The Morgan fingerprint density at radius 1 is 1.21 bits per heavy atom. The van der Waals surface area contributed by atoms with Crippen molar-refractivity contribution in [3.8, 4) is 5.75 Å². The molecule has 9 heteroatoms. The second kappa shape index (κ2) is 13.1. The summed E-state index contributed by atoms with van der Waals surface area (Å²) < 4.78 is 6.48. The highest BCUT2D eigenvalue weighted by molar-refractivity contribution is 5.99. The molecule has 1 fully saturated rings. The number of aromatic nitrogens is 1. The van der Waals surface area contributed by atoms with Gasteiger partial charge in [-0.3, -0.25) is 14.7 Å². The first-order valence-electron chi connectivity index (χ1n) is 13.7. The molecule has 0 saturated heterocycles. The van der Waals surface area contributed by atoms with E-state index in [9.17, 15) is 14.7 Å². The molecule has 1 aliphatic carbocycles. The molecule has 3 atom stereocenters. The van der Waals surface area contributed by atoms with E-state index >= 15 is 0 Å². The summed E-state index contributed by atoms with van der Waals surface area (Å²) in [6, 6.07) is 8.79. The largest absolute Gasteiger partial charge is 0.488 e. The van der Waals surface area contributed by atoms with Gasteiger partial charge >= 0.3 is 6.03 Å². The molecular formula is C29H41N5O4. The zero-order valence-corrected chi connectivity index (χ0v) is 22.7. The number of aliphatic hydroxyl groups is 1. The van der Waals surface area contributed by atoms with Gasteiger partial charge in [0.1, 0.15) is 11.9 Å². The normalized spacial score (nSPS) is 21.2. The Balaban J connectivity index is 1.53. The number of fused-ring (bicyclic) bond motifs is 1. The number of amides is 3. The molecule has 0 spiro atoms. The van der Waals surface area contributed by atoms with E-state index in [0.29, 0.717) is 30.1 Å². The highest BCUT2D eigenvalue weighted by atomic mass is 16.5. The summed E-state index contributed by atoms with van der Waals surface area (Å²) in [5, 5.41) is 15.8. The number of benzene rings is 1. The van der Waals surface area contributed by atoms with Crippen LogP contribution in [-0.4, -0.2) is 76.8 Å². The number of anilines is 1. The number of ether oxygens (including phenoxy) is 1. The molecule has 0 bridgehead atoms. The number of nitrogens with zero attached hydrogens (tertiary/aromatic N) is 3. The third-order valence-electron chi connectivity index (χ3n) is 7.56. The van der Waals surface area contributed by atoms with Crippen LogP contribution < -0.4 is 15.4 Å². The Hall–Kier alpha value is -3.17. The fraction of sp³-hybridized carbons (Fsp3) is 0.552. The molecule has 1 saturated carbocycles. The SMILES string of the molecule is C[C@H]1CN([C@@H](C)CO)C(=O)c2cc(NC(=O)NC3CCCCC3)ccc2O[C@H]1CN(C)Cc1ccncc1. The second-order valence-corrected chi connectivity index (χ2v) is 10.8. The third-order valence-corrected chi connectivity index (χ3v) is 7.56. The van der Waals surface area contributed by atoms with Crippen molar-refractivity contribution in [1.29, 1.82) is 0 Å². The minimum Gasteiger partial charge on any atom is -0.488 e. The van der Waals surface area contributed by atoms with Crippen molar-refractivity contribution in [2.75, 3.05) is 32.1 Å². The van der Waals surface area contributed by atoms with Crippen LogP contribution in [0.1, 0.15) is 61.9 Å². The van der Waals surface area contributed by atoms with E-state index in [1.54, 1.807) is 35.5 Å². The lowest BCUT2D eigenvalue weighted by molar-refractivity contribution is 0.0341. The third kappa shape index (κ3) is 7.23. The Kier molecular flexibility index (Phi) is 9.58. The number of nitrogens with one attached hydrogen (secondary N) is 2. The van der Waals surface area contributed by atoms with Crippen LogP contribution in [0.15, 0.2) is 42.7 Å². The number of pyridine rings is 1. The molecule has 2 aliphatic rings. The number of hydrogen-bond acceptors (Lipinski definition) is 6. The van der Waals surface area contributed by atoms with Crippen molar-refractivity contribution in [3.05, 3.63) is 53.9 Å². The van der Waals surface area contributed by atoms with E-state index in [-0.39, 0.29) is 42.7 Å². The van der Waals surface area contributed by atoms with E-state index in [1.165, 1.54) is 6.42 Å². The van der Waals surface area contributed by atoms with Gasteiger partial charge in [-0.05, 0) is 62.7 Å². The standard InChI is InChI=1S/C29H41N5O4/c1-20-16-34(21(2)19-35)28(36)25-15-24(32-29(37)31-23-7-5-4-6-8-23)9-10-26(25)38-27(20)18-33(3)17-22-11-13-30-14-12-22/h9-15,20-21,23,27,35H,4-8,16-19H2,1-3H3,(H2,31,32,37)/t20-,21-,27-/m0/s1. The van der Waals surface area contributed by atoms with E-state index in [2.05, 4.69) is 27.4 Å². The van der Waals surface area contributed by atoms with E-state index in [1.807, 2.05) is 26.1 Å². The van der Waals surface area contributed by atoms with Gasteiger partial charge in [-0.15, -0.1) is 0 Å². The summed E-state index contributed by atoms with van der Waals surface area (Å²) in [7, 11) is 2.05. The van der Waals surface area contributed by atoms with Crippen molar-refractivity contribution < 1.29 is 19.4 Å². The van der Waals surface area contributed by atoms with Gasteiger partial charge in [0.2, 0.25) is 0 Å². The zero-order valence-electron chi connectivity index (χ0n) is 22.7. The molecule has 0 radical (unpaired) electrons. The maximum atomic E-state index is 13.7. The van der Waals surface area contributed by atoms with Crippen LogP contribution >= 0.6 is 0 Å². The maximum Gasteiger partial charge on any atom is 0.319 e. The number of likely N-dealkylation sites (N-methyl/N-ethyl adjacent to an activating group) is 1. The first kappa shape index (κ1) is 27.9. The molecule has 1 aromatic heterocycles. The van der Waals surface area contributed by atoms with Crippen molar-refractivity contribution in [1.82, 2.24) is 20.1 Å². The van der Waals surface area contributed by atoms with Crippen molar-refractivity contribution >= 4 is 17.6 Å². The van der Waals surface area contributed by atoms with E-state index in [0.717, 1.165) is 37.8 Å². The van der Waals surface area contributed by atoms with Crippen LogP contribution in [-0.2, 0) is 6.54 Å². The number of aliphatic hydroxyl groups excluding tert-OH is 1. The summed E-state index contributed by atoms with van der Waals surface area (Å²) in [6.45, 7) is 5.64. The maximum absolute atomic E-state index is 13.7. The van der Waals surface area contributed by atoms with Gasteiger partial charge < -0.3 is 25.4 Å². The highest BCUT2D eigenvalue weighted by Gasteiger charge is 2.33. The van der Waals surface area contributed by atoms with Gasteiger partial charge in [0.25, 0.3) is 5.91 Å². The fourth-order valence-electron chi connectivity index (χ4n) is 5.29. The molecule has 4 rings (SSSR count). The Morgan fingerprint density at radius 2 is 1.95 bits per heavy atom. The Morgan fingerprint density at radius 3 is 2.66 bits per heavy atom. The number of carbonyl (C=O) groups is 2. The molecule has 0 unspecified atom stereocenters. The van der Waals surface area contributed by atoms with Gasteiger partial charge in [-0.25, -0.2) is 4.79 Å². The van der Waals surface area contributed by atoms with Crippen molar-refractivity contribution in [2.45, 2.75) is 70.7 Å². The minimum absolute atomic E-state index is 0.0278. The first-order valence-corrected chi connectivity index (χ1v) is 13.7.